The summed E-state index contributed by atoms with van der Waals surface area (Å²) in [6, 6.07) is 11.1. The van der Waals surface area contributed by atoms with Gasteiger partial charge in [-0.25, -0.2) is 9.50 Å². The molecular formula is C19H23N5. The number of hydrogen-bond donors (Lipinski definition) is 1. The summed E-state index contributed by atoms with van der Waals surface area (Å²) in [5, 5.41) is 4.73. The Morgan fingerprint density at radius 1 is 1.17 bits per heavy atom. The molecule has 2 N–H and O–H groups in total. The number of aromatic nitrogens is 3. The predicted octanol–water partition coefficient (Wildman–Crippen LogP) is 2.89. The van der Waals surface area contributed by atoms with Crippen LogP contribution in [-0.4, -0.2) is 33.7 Å². The van der Waals surface area contributed by atoms with Crippen molar-refractivity contribution in [1.82, 2.24) is 14.6 Å². The van der Waals surface area contributed by atoms with Crippen LogP contribution in [0.3, 0.4) is 0 Å². The first kappa shape index (κ1) is 15.1. The predicted molar refractivity (Wildman–Crippen MR) is 97.2 cm³/mol. The standard InChI is InChI=1S/C19H23N5/c1-2-14-3-5-15(6-4-14)17-13-18-19(21-9-12-24(18)22-17)23-10-7-16(20)8-11-23/h3-6,9,12-13,16H,2,7-8,10-11,20H2,1H3. The molecule has 0 aliphatic carbocycles. The number of piperidine rings is 1. The van der Waals surface area contributed by atoms with E-state index in [1.54, 1.807) is 0 Å². The molecule has 5 nitrogen and oxygen atoms in total. The van der Waals surface area contributed by atoms with E-state index in [2.05, 4.69) is 47.1 Å². The number of anilines is 1. The monoisotopic (exact) mass is 321 g/mol. The highest BCUT2D eigenvalue weighted by molar-refractivity contribution is 5.75. The number of nitrogens with zero attached hydrogens (tertiary/aromatic N) is 4. The molecule has 4 rings (SSSR count). The lowest BCUT2D eigenvalue weighted by molar-refractivity contribution is 0.499. The zero-order valence-electron chi connectivity index (χ0n) is 14.0. The van der Waals surface area contributed by atoms with Gasteiger partial charge in [0, 0.05) is 37.1 Å². The highest BCUT2D eigenvalue weighted by atomic mass is 15.3. The van der Waals surface area contributed by atoms with E-state index in [-0.39, 0.29) is 0 Å². The van der Waals surface area contributed by atoms with Gasteiger partial charge in [0.25, 0.3) is 0 Å². The molecule has 1 aliphatic heterocycles. The average molecular weight is 321 g/mol. The molecule has 0 spiro atoms. The molecule has 3 heterocycles. The smallest absolute Gasteiger partial charge is 0.154 e. The second-order valence-corrected chi connectivity index (χ2v) is 6.49. The molecule has 1 fully saturated rings. The van der Waals surface area contributed by atoms with Gasteiger partial charge in [-0.1, -0.05) is 31.2 Å². The van der Waals surface area contributed by atoms with Crippen LogP contribution in [0.25, 0.3) is 16.8 Å². The molecule has 3 aromatic rings. The van der Waals surface area contributed by atoms with Crippen LogP contribution in [0.15, 0.2) is 42.7 Å². The van der Waals surface area contributed by atoms with Gasteiger partial charge in [0.2, 0.25) is 0 Å². The van der Waals surface area contributed by atoms with Crippen molar-refractivity contribution in [3.05, 3.63) is 48.3 Å². The first-order valence-corrected chi connectivity index (χ1v) is 8.69. The molecule has 1 aliphatic rings. The SMILES string of the molecule is CCc1ccc(-c2cc3c(N4CCC(N)CC4)nccn3n2)cc1. The largest absolute Gasteiger partial charge is 0.355 e. The lowest BCUT2D eigenvalue weighted by Gasteiger charge is -2.31. The van der Waals surface area contributed by atoms with Crippen molar-refractivity contribution in [3.63, 3.8) is 0 Å². The molecule has 0 bridgehead atoms. The van der Waals surface area contributed by atoms with Gasteiger partial charge < -0.3 is 10.6 Å². The molecule has 1 saturated heterocycles. The van der Waals surface area contributed by atoms with E-state index in [0.717, 1.165) is 54.9 Å². The maximum absolute atomic E-state index is 6.03. The lowest BCUT2D eigenvalue weighted by Crippen LogP contribution is -2.40. The Balaban J connectivity index is 1.71. The van der Waals surface area contributed by atoms with Crippen LogP contribution >= 0.6 is 0 Å². The van der Waals surface area contributed by atoms with Crippen molar-refractivity contribution in [2.24, 2.45) is 5.73 Å². The van der Waals surface area contributed by atoms with Crippen LogP contribution in [0.1, 0.15) is 25.3 Å². The highest BCUT2D eigenvalue weighted by Crippen LogP contribution is 2.27. The number of hydrogen-bond acceptors (Lipinski definition) is 4. The number of rotatable bonds is 3. The molecule has 0 saturated carbocycles. The zero-order valence-corrected chi connectivity index (χ0v) is 14.0. The van der Waals surface area contributed by atoms with E-state index in [1.165, 1.54) is 5.56 Å². The summed E-state index contributed by atoms with van der Waals surface area (Å²) in [5.74, 6) is 1.01. The van der Waals surface area contributed by atoms with Crippen LogP contribution in [0.5, 0.6) is 0 Å². The van der Waals surface area contributed by atoms with Crippen molar-refractivity contribution in [2.75, 3.05) is 18.0 Å². The van der Waals surface area contributed by atoms with Gasteiger partial charge >= 0.3 is 0 Å². The summed E-state index contributed by atoms with van der Waals surface area (Å²) in [7, 11) is 0. The van der Waals surface area contributed by atoms with Gasteiger partial charge in [0.15, 0.2) is 5.82 Å². The molecular weight excluding hydrogens is 298 g/mol. The molecule has 1 aromatic carbocycles. The Labute approximate surface area is 142 Å². The molecule has 2 aromatic heterocycles. The second-order valence-electron chi connectivity index (χ2n) is 6.49. The van der Waals surface area contributed by atoms with Gasteiger partial charge in [-0.05, 0) is 30.9 Å². The molecule has 124 valence electrons. The van der Waals surface area contributed by atoms with Crippen LogP contribution in [0.2, 0.25) is 0 Å². The number of nitrogens with two attached hydrogens (primary N) is 1. The van der Waals surface area contributed by atoms with Gasteiger partial charge in [-0.3, -0.25) is 0 Å². The first-order valence-electron chi connectivity index (χ1n) is 8.69. The quantitative estimate of drug-likeness (QED) is 0.806. The topological polar surface area (TPSA) is 59.5 Å². The average Bonchev–Trinajstić information content (AvgIpc) is 3.07. The molecule has 0 amide bonds. The minimum absolute atomic E-state index is 0.318. The highest BCUT2D eigenvalue weighted by Gasteiger charge is 2.20. The third-order valence-electron chi connectivity index (χ3n) is 4.87. The van der Waals surface area contributed by atoms with E-state index in [9.17, 15) is 0 Å². The minimum atomic E-state index is 0.318. The van der Waals surface area contributed by atoms with Crippen molar-refractivity contribution >= 4 is 11.3 Å². The van der Waals surface area contributed by atoms with E-state index < -0.39 is 0 Å². The van der Waals surface area contributed by atoms with Crippen LogP contribution in [0.4, 0.5) is 5.82 Å². The second kappa shape index (κ2) is 6.24. The van der Waals surface area contributed by atoms with Crippen molar-refractivity contribution in [1.29, 1.82) is 0 Å². The molecule has 0 atom stereocenters. The molecule has 24 heavy (non-hydrogen) atoms. The summed E-state index contributed by atoms with van der Waals surface area (Å²) in [6.07, 6.45) is 6.83. The fourth-order valence-corrected chi connectivity index (χ4v) is 3.32. The number of benzene rings is 1. The summed E-state index contributed by atoms with van der Waals surface area (Å²) >= 11 is 0. The summed E-state index contributed by atoms with van der Waals surface area (Å²) in [4.78, 5) is 6.94. The van der Waals surface area contributed by atoms with Gasteiger partial charge in [-0.15, -0.1) is 0 Å². The minimum Gasteiger partial charge on any atom is -0.355 e. The molecule has 0 unspecified atom stereocenters. The van der Waals surface area contributed by atoms with E-state index in [1.807, 2.05) is 16.9 Å². The summed E-state index contributed by atoms with van der Waals surface area (Å²) in [5.41, 5.74) is 10.6. The Morgan fingerprint density at radius 2 is 1.92 bits per heavy atom. The summed E-state index contributed by atoms with van der Waals surface area (Å²) < 4.78 is 1.93. The van der Waals surface area contributed by atoms with Gasteiger partial charge in [0.1, 0.15) is 5.52 Å². The maximum Gasteiger partial charge on any atom is 0.154 e. The first-order chi connectivity index (χ1) is 11.7. The Morgan fingerprint density at radius 3 is 2.62 bits per heavy atom. The third kappa shape index (κ3) is 2.76. The normalized spacial score (nSPS) is 16.0. The Bertz CT molecular complexity index is 829. The van der Waals surface area contributed by atoms with Gasteiger partial charge in [0.05, 0.1) is 5.69 Å². The molecule has 0 radical (unpaired) electrons. The maximum atomic E-state index is 6.03. The van der Waals surface area contributed by atoms with Crippen LogP contribution in [0, 0.1) is 0 Å². The van der Waals surface area contributed by atoms with E-state index in [0.29, 0.717) is 6.04 Å². The van der Waals surface area contributed by atoms with Crippen molar-refractivity contribution in [2.45, 2.75) is 32.2 Å². The Kier molecular flexibility index (Phi) is 3.94. The van der Waals surface area contributed by atoms with E-state index in [4.69, 9.17) is 10.8 Å². The molecule has 5 heteroatoms. The third-order valence-corrected chi connectivity index (χ3v) is 4.87. The fourth-order valence-electron chi connectivity index (χ4n) is 3.32. The van der Waals surface area contributed by atoms with Crippen LogP contribution < -0.4 is 10.6 Å². The van der Waals surface area contributed by atoms with E-state index >= 15 is 0 Å². The van der Waals surface area contributed by atoms with Crippen LogP contribution in [-0.2, 0) is 6.42 Å². The summed E-state index contributed by atoms with van der Waals surface area (Å²) in [6.45, 7) is 4.08. The Hall–Kier alpha value is -2.40. The number of fused-ring (bicyclic) bond motifs is 1. The lowest BCUT2D eigenvalue weighted by atomic mass is 10.1. The van der Waals surface area contributed by atoms with Crippen molar-refractivity contribution in [3.8, 4) is 11.3 Å². The van der Waals surface area contributed by atoms with Gasteiger partial charge in [-0.2, -0.15) is 5.10 Å². The van der Waals surface area contributed by atoms with Crippen molar-refractivity contribution < 1.29 is 0 Å². The zero-order chi connectivity index (χ0) is 16.5. The number of aryl methyl sites for hydroxylation is 1. The fraction of sp³-hybridized carbons (Fsp3) is 0.368.